The van der Waals surface area contributed by atoms with Crippen LogP contribution in [-0.2, 0) is 20.9 Å². The zero-order chi connectivity index (χ0) is 23.9. The fourth-order valence-corrected chi connectivity index (χ4v) is 4.80. The lowest BCUT2D eigenvalue weighted by Crippen LogP contribution is -2.59. The maximum absolute atomic E-state index is 12.8. The van der Waals surface area contributed by atoms with E-state index in [1.54, 1.807) is 13.1 Å². The second-order valence-electron chi connectivity index (χ2n) is 8.64. The number of morpholine rings is 1. The molecule has 2 heterocycles. The third kappa shape index (κ3) is 6.27. The van der Waals surface area contributed by atoms with Crippen LogP contribution in [0.25, 0.3) is 0 Å². The van der Waals surface area contributed by atoms with E-state index in [2.05, 4.69) is 32.6 Å². The van der Waals surface area contributed by atoms with Crippen molar-refractivity contribution in [1.82, 2.24) is 15.1 Å². The summed E-state index contributed by atoms with van der Waals surface area (Å²) in [5.74, 6) is -0.246. The van der Waals surface area contributed by atoms with Gasteiger partial charge in [-0.3, -0.25) is 19.4 Å². The summed E-state index contributed by atoms with van der Waals surface area (Å²) < 4.78 is 5.40. The van der Waals surface area contributed by atoms with Crippen LogP contribution < -0.4 is 15.5 Å². The Morgan fingerprint density at radius 2 is 1.82 bits per heavy atom. The molecule has 2 aromatic carbocycles. The molecule has 0 radical (unpaired) electrons. The number of piperazine rings is 1. The van der Waals surface area contributed by atoms with Crippen LogP contribution in [0.5, 0.6) is 0 Å². The second kappa shape index (κ2) is 11.7. The summed E-state index contributed by atoms with van der Waals surface area (Å²) in [4.78, 5) is 31.8. The largest absolute Gasteiger partial charge is 0.378 e. The Labute approximate surface area is 205 Å². The molecule has 8 nitrogen and oxygen atoms in total. The topological polar surface area (TPSA) is 77.2 Å². The summed E-state index contributed by atoms with van der Waals surface area (Å²) in [6, 6.07) is 15.4. The van der Waals surface area contributed by atoms with Gasteiger partial charge >= 0.3 is 0 Å². The lowest BCUT2D eigenvalue weighted by atomic mass is 10.1. The molecule has 0 spiro atoms. The number of nitrogens with one attached hydrogen (secondary N) is 2. The fourth-order valence-electron chi connectivity index (χ4n) is 4.50. The molecule has 0 aliphatic carbocycles. The summed E-state index contributed by atoms with van der Waals surface area (Å²) >= 11 is 6.50. The van der Waals surface area contributed by atoms with Gasteiger partial charge < -0.3 is 20.3 Å². The van der Waals surface area contributed by atoms with Crippen LogP contribution in [0.15, 0.2) is 48.5 Å². The van der Waals surface area contributed by atoms with Gasteiger partial charge in [-0.05, 0) is 23.8 Å². The first-order valence-corrected chi connectivity index (χ1v) is 12.1. The first-order valence-electron chi connectivity index (χ1n) is 11.7. The van der Waals surface area contributed by atoms with Gasteiger partial charge in [0.05, 0.1) is 30.5 Å². The van der Waals surface area contributed by atoms with E-state index < -0.39 is 0 Å². The molecule has 2 aliphatic rings. The average molecular weight is 486 g/mol. The van der Waals surface area contributed by atoms with Crippen molar-refractivity contribution in [3.05, 3.63) is 59.1 Å². The molecule has 2 aliphatic heterocycles. The smallest absolute Gasteiger partial charge is 0.238 e. The molecule has 4 rings (SSSR count). The van der Waals surface area contributed by atoms with Crippen molar-refractivity contribution in [3.63, 3.8) is 0 Å². The number of hydrogen-bond acceptors (Lipinski definition) is 6. The Kier molecular flexibility index (Phi) is 8.39. The maximum atomic E-state index is 12.8. The van der Waals surface area contributed by atoms with Crippen molar-refractivity contribution in [1.29, 1.82) is 0 Å². The lowest BCUT2D eigenvalue weighted by Gasteiger charge is -2.40. The molecule has 0 bridgehead atoms. The van der Waals surface area contributed by atoms with E-state index in [-0.39, 0.29) is 24.4 Å². The highest BCUT2D eigenvalue weighted by atomic mass is 35.5. The SMILES string of the molecule is CNC(=O)[C@H]1CN(Cc2ccccc2)CCN1CC(=O)Nc1ccc(N2CCOCC2)c(Cl)c1. The first-order chi connectivity index (χ1) is 16.5. The Bertz CT molecular complexity index is 984. The zero-order valence-electron chi connectivity index (χ0n) is 19.5. The van der Waals surface area contributed by atoms with E-state index in [0.29, 0.717) is 37.0 Å². The molecule has 0 saturated carbocycles. The van der Waals surface area contributed by atoms with E-state index >= 15 is 0 Å². The first kappa shape index (κ1) is 24.5. The highest BCUT2D eigenvalue weighted by Crippen LogP contribution is 2.29. The van der Waals surface area contributed by atoms with Gasteiger partial charge in [0.1, 0.15) is 6.04 Å². The summed E-state index contributed by atoms with van der Waals surface area (Å²) in [6.07, 6.45) is 0. The standard InChI is InChI=1S/C25H32ClN5O3/c1-27-25(33)23-17-29(16-19-5-3-2-4-6-19)9-10-31(23)18-24(32)28-20-7-8-22(21(26)15-20)30-11-13-34-14-12-30/h2-8,15,23H,9-14,16-18H2,1H3,(H,27,33)(H,28,32)/t23-/m1/s1. The van der Waals surface area contributed by atoms with Crippen LogP contribution in [0.3, 0.4) is 0 Å². The Balaban J connectivity index is 1.35. The van der Waals surface area contributed by atoms with E-state index in [4.69, 9.17) is 16.3 Å². The minimum atomic E-state index is -0.388. The number of carbonyl (C=O) groups excluding carboxylic acids is 2. The van der Waals surface area contributed by atoms with Crippen molar-refractivity contribution in [2.45, 2.75) is 12.6 Å². The van der Waals surface area contributed by atoms with Crippen molar-refractivity contribution >= 4 is 34.8 Å². The molecule has 2 aromatic rings. The molecule has 1 atom stereocenters. The van der Waals surface area contributed by atoms with Crippen LogP contribution >= 0.6 is 11.6 Å². The van der Waals surface area contributed by atoms with Gasteiger partial charge in [-0.15, -0.1) is 0 Å². The number of nitrogens with zero attached hydrogens (tertiary/aromatic N) is 3. The van der Waals surface area contributed by atoms with Crippen molar-refractivity contribution in [3.8, 4) is 0 Å². The van der Waals surface area contributed by atoms with Crippen molar-refractivity contribution < 1.29 is 14.3 Å². The van der Waals surface area contributed by atoms with Gasteiger partial charge in [0.2, 0.25) is 11.8 Å². The number of likely N-dealkylation sites (N-methyl/N-ethyl adjacent to an activating group) is 1. The third-order valence-corrected chi connectivity index (χ3v) is 6.61. The number of ether oxygens (including phenoxy) is 1. The number of anilines is 2. The second-order valence-corrected chi connectivity index (χ2v) is 9.04. The lowest BCUT2D eigenvalue weighted by molar-refractivity contribution is -0.130. The normalized spacial score (nSPS) is 19.6. The highest BCUT2D eigenvalue weighted by Gasteiger charge is 2.33. The number of carbonyl (C=O) groups is 2. The Hall–Kier alpha value is -2.65. The van der Waals surface area contributed by atoms with Crippen LogP contribution in [0, 0.1) is 0 Å². The fraction of sp³-hybridized carbons (Fsp3) is 0.440. The van der Waals surface area contributed by atoms with Gasteiger partial charge in [0, 0.05) is 52.0 Å². The molecular formula is C25H32ClN5O3. The summed E-state index contributed by atoms with van der Waals surface area (Å²) in [7, 11) is 1.63. The minimum absolute atomic E-state index is 0.0801. The van der Waals surface area contributed by atoms with E-state index in [0.717, 1.165) is 31.9 Å². The monoisotopic (exact) mass is 485 g/mol. The zero-order valence-corrected chi connectivity index (χ0v) is 20.3. The summed E-state index contributed by atoms with van der Waals surface area (Å²) in [5, 5.41) is 6.28. The molecule has 0 unspecified atom stereocenters. The van der Waals surface area contributed by atoms with Crippen LogP contribution in [0.2, 0.25) is 5.02 Å². The number of halogens is 1. The van der Waals surface area contributed by atoms with E-state index in [1.807, 2.05) is 35.2 Å². The number of hydrogen-bond donors (Lipinski definition) is 2. The molecule has 2 fully saturated rings. The van der Waals surface area contributed by atoms with Gasteiger partial charge in [0.15, 0.2) is 0 Å². The molecule has 0 aromatic heterocycles. The molecule has 2 amide bonds. The van der Waals surface area contributed by atoms with E-state index in [9.17, 15) is 9.59 Å². The average Bonchev–Trinajstić information content (AvgIpc) is 2.85. The molecule has 9 heteroatoms. The summed E-state index contributed by atoms with van der Waals surface area (Å²) in [6.45, 7) is 5.86. The van der Waals surface area contributed by atoms with Gasteiger partial charge in [0.25, 0.3) is 0 Å². The van der Waals surface area contributed by atoms with E-state index in [1.165, 1.54) is 5.56 Å². The third-order valence-electron chi connectivity index (χ3n) is 6.30. The van der Waals surface area contributed by atoms with Crippen LogP contribution in [-0.4, -0.2) is 87.2 Å². The van der Waals surface area contributed by atoms with Gasteiger partial charge in [-0.25, -0.2) is 0 Å². The minimum Gasteiger partial charge on any atom is -0.378 e. The quantitative estimate of drug-likeness (QED) is 0.625. The molecular weight excluding hydrogens is 454 g/mol. The molecule has 34 heavy (non-hydrogen) atoms. The Morgan fingerprint density at radius 3 is 2.53 bits per heavy atom. The van der Waals surface area contributed by atoms with Crippen molar-refractivity contribution in [2.75, 3.05) is 69.7 Å². The number of rotatable bonds is 7. The van der Waals surface area contributed by atoms with Crippen LogP contribution in [0.1, 0.15) is 5.56 Å². The highest BCUT2D eigenvalue weighted by molar-refractivity contribution is 6.33. The van der Waals surface area contributed by atoms with Crippen molar-refractivity contribution in [2.24, 2.45) is 0 Å². The van der Waals surface area contributed by atoms with Crippen LogP contribution in [0.4, 0.5) is 11.4 Å². The summed E-state index contributed by atoms with van der Waals surface area (Å²) in [5.41, 5.74) is 2.80. The predicted molar refractivity (Wildman–Crippen MR) is 134 cm³/mol. The van der Waals surface area contributed by atoms with Gasteiger partial charge in [-0.2, -0.15) is 0 Å². The maximum Gasteiger partial charge on any atom is 0.238 e. The molecule has 182 valence electrons. The Morgan fingerprint density at radius 1 is 1.06 bits per heavy atom. The number of amides is 2. The van der Waals surface area contributed by atoms with Gasteiger partial charge in [-0.1, -0.05) is 41.9 Å². The number of benzene rings is 2. The molecule has 2 N–H and O–H groups in total. The molecule has 2 saturated heterocycles. The predicted octanol–water partition coefficient (Wildman–Crippen LogP) is 2.05.